The average Bonchev–Trinajstić information content (AvgIpc) is 2.97. The van der Waals surface area contributed by atoms with E-state index in [0.717, 1.165) is 31.6 Å². The van der Waals surface area contributed by atoms with Crippen molar-refractivity contribution in [3.8, 4) is 0 Å². The molecule has 0 spiro atoms. The average molecular weight is 275 g/mol. The third-order valence-corrected chi connectivity index (χ3v) is 4.84. The molecule has 0 bridgehead atoms. The van der Waals surface area contributed by atoms with E-state index in [1.807, 2.05) is 6.20 Å². The van der Waals surface area contributed by atoms with E-state index in [0.29, 0.717) is 6.04 Å². The van der Waals surface area contributed by atoms with Gasteiger partial charge in [-0.15, -0.1) is 0 Å². The molecule has 0 radical (unpaired) electrons. The molecular formula is C16H25N3O. The fraction of sp³-hybridized carbons (Fsp3) is 0.750. The molecule has 4 nitrogen and oxygen atoms in total. The predicted octanol–water partition coefficient (Wildman–Crippen LogP) is 2.88. The van der Waals surface area contributed by atoms with E-state index in [4.69, 9.17) is 9.72 Å². The third-order valence-electron chi connectivity index (χ3n) is 4.84. The van der Waals surface area contributed by atoms with Gasteiger partial charge in [0.1, 0.15) is 5.60 Å². The number of rotatable bonds is 4. The number of aromatic nitrogens is 2. The van der Waals surface area contributed by atoms with Crippen molar-refractivity contribution in [3.63, 3.8) is 0 Å². The summed E-state index contributed by atoms with van der Waals surface area (Å²) in [4.78, 5) is 9.57. The molecule has 1 aromatic rings. The summed E-state index contributed by atoms with van der Waals surface area (Å²) in [5.41, 5.74) is 2.31. The Labute approximate surface area is 121 Å². The Morgan fingerprint density at radius 1 is 1.35 bits per heavy atom. The molecule has 1 unspecified atom stereocenters. The molecule has 2 aliphatic carbocycles. The Hall–Kier alpha value is -1.00. The molecule has 1 N–H and O–H groups in total. The number of aryl methyl sites for hydroxylation is 1. The Morgan fingerprint density at radius 3 is 2.85 bits per heavy atom. The first-order valence-corrected chi connectivity index (χ1v) is 7.94. The van der Waals surface area contributed by atoms with Crippen LogP contribution in [0, 0.1) is 0 Å². The number of hydrogen-bond acceptors (Lipinski definition) is 4. The predicted molar refractivity (Wildman–Crippen MR) is 78.5 cm³/mol. The van der Waals surface area contributed by atoms with E-state index in [9.17, 15) is 0 Å². The Kier molecular flexibility index (Phi) is 4.03. The van der Waals surface area contributed by atoms with Gasteiger partial charge in [-0.2, -0.15) is 0 Å². The summed E-state index contributed by atoms with van der Waals surface area (Å²) < 4.78 is 5.81. The van der Waals surface area contributed by atoms with Gasteiger partial charge in [-0.05, 0) is 51.5 Å². The fourth-order valence-electron chi connectivity index (χ4n) is 3.69. The highest BCUT2D eigenvalue weighted by Gasteiger charge is 2.39. The molecule has 0 aliphatic heterocycles. The molecule has 0 amide bonds. The summed E-state index contributed by atoms with van der Waals surface area (Å²) in [5.74, 6) is 0.911. The first-order valence-electron chi connectivity index (χ1n) is 7.94. The molecule has 1 saturated carbocycles. The lowest BCUT2D eigenvalue weighted by Crippen LogP contribution is -2.30. The standard InChI is InChI=1S/C16H25N3O/c1-3-17-13-7-6-8-14-12(13)11-18-15(19-14)16(20-2)9-4-5-10-16/h11,13,17H,3-10H2,1-2H3. The van der Waals surface area contributed by atoms with E-state index in [1.165, 1.54) is 36.9 Å². The van der Waals surface area contributed by atoms with Crippen LogP contribution in [0.15, 0.2) is 6.20 Å². The Morgan fingerprint density at radius 2 is 2.15 bits per heavy atom. The number of ether oxygens (including phenoxy) is 1. The molecule has 110 valence electrons. The van der Waals surface area contributed by atoms with Crippen LogP contribution in [0.5, 0.6) is 0 Å². The summed E-state index contributed by atoms with van der Waals surface area (Å²) in [6.07, 6.45) is 10.1. The number of hydrogen-bond donors (Lipinski definition) is 1. The van der Waals surface area contributed by atoms with Crippen LogP contribution in [0.3, 0.4) is 0 Å². The second-order valence-electron chi connectivity index (χ2n) is 6.00. The molecule has 1 atom stereocenters. The highest BCUT2D eigenvalue weighted by atomic mass is 16.5. The third kappa shape index (κ3) is 2.35. The summed E-state index contributed by atoms with van der Waals surface area (Å²) in [6, 6.07) is 0.430. The van der Waals surface area contributed by atoms with Crippen LogP contribution in [0.25, 0.3) is 0 Å². The molecular weight excluding hydrogens is 250 g/mol. The quantitative estimate of drug-likeness (QED) is 0.918. The van der Waals surface area contributed by atoms with Crippen molar-refractivity contribution in [1.29, 1.82) is 0 Å². The lowest BCUT2D eigenvalue weighted by Gasteiger charge is -2.29. The lowest BCUT2D eigenvalue weighted by molar-refractivity contribution is -0.0165. The topological polar surface area (TPSA) is 47.0 Å². The highest BCUT2D eigenvalue weighted by Crippen LogP contribution is 2.40. The summed E-state index contributed by atoms with van der Waals surface area (Å²) >= 11 is 0. The van der Waals surface area contributed by atoms with Crippen LogP contribution in [-0.4, -0.2) is 23.6 Å². The van der Waals surface area contributed by atoms with Crippen molar-refractivity contribution in [2.24, 2.45) is 0 Å². The molecule has 1 heterocycles. The Balaban J connectivity index is 1.92. The van der Waals surface area contributed by atoms with Crippen LogP contribution in [0.1, 0.15) is 68.6 Å². The molecule has 1 fully saturated rings. The Bertz CT molecular complexity index is 469. The molecule has 0 aromatic carbocycles. The fourth-order valence-corrected chi connectivity index (χ4v) is 3.69. The molecule has 3 rings (SSSR count). The molecule has 4 heteroatoms. The SMILES string of the molecule is CCNC1CCCc2nc(C3(OC)CCCC3)ncc21. The van der Waals surface area contributed by atoms with E-state index < -0.39 is 0 Å². The maximum Gasteiger partial charge on any atom is 0.160 e. The molecule has 1 aromatic heterocycles. The van der Waals surface area contributed by atoms with Gasteiger partial charge in [-0.25, -0.2) is 9.97 Å². The normalized spacial score (nSPS) is 24.6. The number of methoxy groups -OCH3 is 1. The summed E-state index contributed by atoms with van der Waals surface area (Å²) in [6.45, 7) is 3.15. The van der Waals surface area contributed by atoms with Gasteiger partial charge in [0.25, 0.3) is 0 Å². The first-order chi connectivity index (χ1) is 9.79. The van der Waals surface area contributed by atoms with E-state index in [2.05, 4.69) is 17.2 Å². The minimum Gasteiger partial charge on any atom is -0.370 e. The van der Waals surface area contributed by atoms with Crippen LogP contribution in [-0.2, 0) is 16.8 Å². The van der Waals surface area contributed by atoms with Gasteiger partial charge in [-0.1, -0.05) is 6.92 Å². The van der Waals surface area contributed by atoms with Gasteiger partial charge in [0.05, 0.1) is 0 Å². The second kappa shape index (κ2) is 5.78. The van der Waals surface area contributed by atoms with Crippen LogP contribution < -0.4 is 5.32 Å². The minimum atomic E-state index is -0.222. The zero-order chi connectivity index (χ0) is 14.0. The summed E-state index contributed by atoms with van der Waals surface area (Å²) in [7, 11) is 1.80. The van der Waals surface area contributed by atoms with Crippen molar-refractivity contribution in [2.75, 3.05) is 13.7 Å². The number of nitrogens with zero attached hydrogens (tertiary/aromatic N) is 2. The lowest BCUT2D eigenvalue weighted by atomic mass is 9.91. The largest absolute Gasteiger partial charge is 0.370 e. The molecule has 20 heavy (non-hydrogen) atoms. The zero-order valence-electron chi connectivity index (χ0n) is 12.6. The minimum absolute atomic E-state index is 0.222. The van der Waals surface area contributed by atoms with Crippen molar-refractivity contribution >= 4 is 0 Å². The van der Waals surface area contributed by atoms with Gasteiger partial charge >= 0.3 is 0 Å². The second-order valence-corrected chi connectivity index (χ2v) is 6.00. The van der Waals surface area contributed by atoms with Gasteiger partial charge in [0, 0.05) is 30.6 Å². The van der Waals surface area contributed by atoms with Gasteiger partial charge in [0.15, 0.2) is 5.82 Å². The maximum absolute atomic E-state index is 5.81. The van der Waals surface area contributed by atoms with E-state index in [-0.39, 0.29) is 5.60 Å². The van der Waals surface area contributed by atoms with Crippen molar-refractivity contribution < 1.29 is 4.74 Å². The van der Waals surface area contributed by atoms with Gasteiger partial charge in [0.2, 0.25) is 0 Å². The molecule has 0 saturated heterocycles. The summed E-state index contributed by atoms with van der Waals surface area (Å²) in [5, 5.41) is 3.54. The monoisotopic (exact) mass is 275 g/mol. The van der Waals surface area contributed by atoms with Crippen molar-refractivity contribution in [2.45, 2.75) is 63.5 Å². The van der Waals surface area contributed by atoms with Crippen molar-refractivity contribution in [1.82, 2.24) is 15.3 Å². The van der Waals surface area contributed by atoms with E-state index >= 15 is 0 Å². The van der Waals surface area contributed by atoms with Crippen LogP contribution in [0.4, 0.5) is 0 Å². The van der Waals surface area contributed by atoms with Crippen LogP contribution in [0.2, 0.25) is 0 Å². The number of nitrogens with one attached hydrogen (secondary N) is 1. The first kappa shape index (κ1) is 14.0. The van der Waals surface area contributed by atoms with Gasteiger partial charge in [-0.3, -0.25) is 0 Å². The van der Waals surface area contributed by atoms with Crippen molar-refractivity contribution in [3.05, 3.63) is 23.3 Å². The van der Waals surface area contributed by atoms with E-state index in [1.54, 1.807) is 7.11 Å². The van der Waals surface area contributed by atoms with Gasteiger partial charge < -0.3 is 10.1 Å². The highest BCUT2D eigenvalue weighted by molar-refractivity contribution is 5.26. The number of fused-ring (bicyclic) bond motifs is 1. The zero-order valence-corrected chi connectivity index (χ0v) is 12.6. The smallest absolute Gasteiger partial charge is 0.160 e. The molecule has 2 aliphatic rings. The van der Waals surface area contributed by atoms with Crippen LogP contribution >= 0.6 is 0 Å². The maximum atomic E-state index is 5.81.